The molecule has 11 nitrogen and oxygen atoms in total. The van der Waals surface area contributed by atoms with Gasteiger partial charge in [0.15, 0.2) is 0 Å². The van der Waals surface area contributed by atoms with Crippen molar-refractivity contribution >= 4 is 35.5 Å². The fourth-order valence-corrected chi connectivity index (χ4v) is 4.22. The van der Waals surface area contributed by atoms with Crippen LogP contribution in [0.5, 0.6) is 0 Å². The maximum absolute atomic E-state index is 13.2. The van der Waals surface area contributed by atoms with Crippen molar-refractivity contribution < 1.29 is 24.3 Å². The zero-order valence-corrected chi connectivity index (χ0v) is 20.7. The van der Waals surface area contributed by atoms with Crippen LogP contribution in [0.2, 0.25) is 0 Å². The first kappa shape index (κ1) is 27.6. The Labute approximate surface area is 204 Å². The number of aromatic nitrogens is 2. The lowest BCUT2D eigenvalue weighted by atomic mass is 10.0. The lowest BCUT2D eigenvalue weighted by Crippen LogP contribution is -2.57. The fourth-order valence-electron chi connectivity index (χ4n) is 3.75. The molecule has 0 aromatic carbocycles. The van der Waals surface area contributed by atoms with E-state index >= 15 is 0 Å². The van der Waals surface area contributed by atoms with E-state index in [0.29, 0.717) is 24.3 Å². The largest absolute Gasteiger partial charge is 0.480 e. The molecule has 1 aliphatic heterocycles. The molecular formula is C22H36N6O5S. The van der Waals surface area contributed by atoms with Crippen LogP contribution >= 0.6 is 11.8 Å². The van der Waals surface area contributed by atoms with Crippen molar-refractivity contribution in [2.75, 3.05) is 18.6 Å². The highest BCUT2D eigenvalue weighted by atomic mass is 32.2. The van der Waals surface area contributed by atoms with Crippen LogP contribution in [0.3, 0.4) is 0 Å². The summed E-state index contributed by atoms with van der Waals surface area (Å²) < 4.78 is 0. The molecule has 0 radical (unpaired) electrons. The van der Waals surface area contributed by atoms with Crippen molar-refractivity contribution in [1.29, 1.82) is 0 Å². The number of carboxylic acid groups (broad SMARTS) is 1. The normalized spacial score (nSPS) is 18.2. The number of carbonyl (C=O) groups excluding carboxylic acids is 3. The van der Waals surface area contributed by atoms with Crippen LogP contribution in [-0.4, -0.2) is 81.5 Å². The number of carboxylic acids is 1. The minimum Gasteiger partial charge on any atom is -0.480 e. The molecule has 12 heteroatoms. The Balaban J connectivity index is 2.12. The van der Waals surface area contributed by atoms with Gasteiger partial charge in [0.05, 0.1) is 12.4 Å². The molecular weight excluding hydrogens is 460 g/mol. The molecule has 6 N–H and O–H groups in total. The van der Waals surface area contributed by atoms with Gasteiger partial charge in [-0.05, 0) is 50.2 Å². The second-order valence-electron chi connectivity index (χ2n) is 8.86. The van der Waals surface area contributed by atoms with Gasteiger partial charge in [0.1, 0.15) is 18.1 Å². The Morgan fingerprint density at radius 3 is 2.41 bits per heavy atom. The molecule has 0 aliphatic carbocycles. The summed E-state index contributed by atoms with van der Waals surface area (Å²) in [7, 11) is 0. The van der Waals surface area contributed by atoms with E-state index in [-0.39, 0.29) is 30.7 Å². The number of carbonyl (C=O) groups is 4. The van der Waals surface area contributed by atoms with Crippen LogP contribution < -0.4 is 21.3 Å². The highest BCUT2D eigenvalue weighted by molar-refractivity contribution is 7.98. The summed E-state index contributed by atoms with van der Waals surface area (Å²) in [6, 6.07) is -3.26. The molecule has 4 unspecified atom stereocenters. The summed E-state index contributed by atoms with van der Waals surface area (Å²) in [6.45, 7) is 4.49. The van der Waals surface area contributed by atoms with Crippen LogP contribution in [0.15, 0.2) is 12.5 Å². The standard InChI is InChI=1S/C22H36N6O5S/c1-13(2)9-18(22(32)33)28-20(30)16(6-8-34-3)26-21(31)17(10-14-11-23-12-25-14)27-19(29)15-5-4-7-24-15/h11-13,15-18,24H,4-10H2,1-3H3,(H,23,25)(H,26,31)(H,27,29)(H,28,30)(H,32,33). The monoisotopic (exact) mass is 496 g/mol. The predicted octanol–water partition coefficient (Wildman–Crippen LogP) is 0.0424. The summed E-state index contributed by atoms with van der Waals surface area (Å²) in [5.41, 5.74) is 0.660. The highest BCUT2D eigenvalue weighted by Crippen LogP contribution is 2.09. The Morgan fingerprint density at radius 2 is 1.85 bits per heavy atom. The number of aliphatic carboxylic acids is 1. The number of nitrogens with zero attached hydrogens (tertiary/aromatic N) is 1. The van der Waals surface area contributed by atoms with E-state index in [9.17, 15) is 24.3 Å². The Hall–Kier alpha value is -2.60. The molecule has 0 bridgehead atoms. The van der Waals surface area contributed by atoms with Gasteiger partial charge in [0.25, 0.3) is 0 Å². The van der Waals surface area contributed by atoms with Crippen molar-refractivity contribution in [2.24, 2.45) is 5.92 Å². The number of aromatic amines is 1. The van der Waals surface area contributed by atoms with Crippen molar-refractivity contribution in [3.05, 3.63) is 18.2 Å². The Kier molecular flexibility index (Phi) is 11.3. The SMILES string of the molecule is CSCCC(NC(=O)C(Cc1cnc[nH]1)NC(=O)C1CCCN1)C(=O)NC(CC(C)C)C(=O)O. The van der Waals surface area contributed by atoms with Crippen molar-refractivity contribution in [2.45, 2.75) is 70.1 Å². The Morgan fingerprint density at radius 1 is 1.15 bits per heavy atom. The summed E-state index contributed by atoms with van der Waals surface area (Å²) in [5.74, 6) is -1.81. The third-order valence-corrected chi connectivity index (χ3v) is 6.20. The van der Waals surface area contributed by atoms with Crippen LogP contribution in [0.4, 0.5) is 0 Å². The number of thioether (sulfide) groups is 1. The molecule has 4 atom stereocenters. The maximum Gasteiger partial charge on any atom is 0.326 e. The molecule has 1 aliphatic rings. The molecule has 2 rings (SSSR count). The fraction of sp³-hybridized carbons (Fsp3) is 0.682. The molecule has 34 heavy (non-hydrogen) atoms. The van der Waals surface area contributed by atoms with Gasteiger partial charge >= 0.3 is 5.97 Å². The molecule has 0 saturated carbocycles. The van der Waals surface area contributed by atoms with Crippen molar-refractivity contribution in [1.82, 2.24) is 31.2 Å². The number of amides is 3. The summed E-state index contributed by atoms with van der Waals surface area (Å²) in [6.07, 6.45) is 7.28. The minimum absolute atomic E-state index is 0.0684. The molecule has 190 valence electrons. The van der Waals surface area contributed by atoms with Gasteiger partial charge in [-0.1, -0.05) is 13.8 Å². The van der Waals surface area contributed by atoms with Crippen molar-refractivity contribution in [3.63, 3.8) is 0 Å². The number of nitrogens with one attached hydrogen (secondary N) is 5. The molecule has 1 fully saturated rings. The molecule has 0 spiro atoms. The van der Waals surface area contributed by atoms with Crippen LogP contribution in [0, 0.1) is 5.92 Å². The smallest absolute Gasteiger partial charge is 0.326 e. The van der Waals surface area contributed by atoms with E-state index in [4.69, 9.17) is 0 Å². The number of hydrogen-bond acceptors (Lipinski definition) is 7. The van der Waals surface area contributed by atoms with E-state index in [0.717, 1.165) is 13.0 Å². The first-order valence-corrected chi connectivity index (χ1v) is 12.9. The number of hydrogen-bond donors (Lipinski definition) is 6. The molecule has 1 saturated heterocycles. The van der Waals surface area contributed by atoms with Crippen LogP contribution in [0.1, 0.15) is 45.2 Å². The number of H-pyrrole nitrogens is 1. The van der Waals surface area contributed by atoms with Crippen molar-refractivity contribution in [3.8, 4) is 0 Å². The van der Waals surface area contributed by atoms with Gasteiger partial charge in [-0.15, -0.1) is 0 Å². The van der Waals surface area contributed by atoms with Crippen LogP contribution in [-0.2, 0) is 25.6 Å². The number of rotatable bonds is 14. The molecule has 3 amide bonds. The van der Waals surface area contributed by atoms with E-state index < -0.39 is 35.9 Å². The summed E-state index contributed by atoms with van der Waals surface area (Å²) >= 11 is 1.51. The first-order valence-electron chi connectivity index (χ1n) is 11.5. The first-order chi connectivity index (χ1) is 16.2. The lowest BCUT2D eigenvalue weighted by Gasteiger charge is -2.25. The van der Waals surface area contributed by atoms with Gasteiger partial charge in [0.2, 0.25) is 17.7 Å². The maximum atomic E-state index is 13.2. The topological polar surface area (TPSA) is 165 Å². The average molecular weight is 497 g/mol. The van der Waals surface area contributed by atoms with E-state index in [1.807, 2.05) is 20.1 Å². The molecule has 1 aromatic heterocycles. The minimum atomic E-state index is -1.12. The second kappa shape index (κ2) is 14.0. The lowest BCUT2D eigenvalue weighted by molar-refractivity contribution is -0.142. The Bertz CT molecular complexity index is 813. The van der Waals surface area contributed by atoms with E-state index in [1.54, 1.807) is 6.20 Å². The third-order valence-electron chi connectivity index (χ3n) is 5.55. The number of imidazole rings is 1. The predicted molar refractivity (Wildman–Crippen MR) is 129 cm³/mol. The summed E-state index contributed by atoms with van der Waals surface area (Å²) in [4.78, 5) is 57.3. The van der Waals surface area contributed by atoms with E-state index in [2.05, 4.69) is 31.2 Å². The molecule has 1 aromatic rings. The van der Waals surface area contributed by atoms with Gasteiger partial charge in [-0.2, -0.15) is 11.8 Å². The zero-order valence-electron chi connectivity index (χ0n) is 19.9. The highest BCUT2D eigenvalue weighted by Gasteiger charge is 2.31. The van der Waals surface area contributed by atoms with E-state index in [1.165, 1.54) is 18.1 Å². The zero-order chi connectivity index (χ0) is 25.1. The average Bonchev–Trinajstić information content (AvgIpc) is 3.49. The summed E-state index contributed by atoms with van der Waals surface area (Å²) in [5, 5.41) is 20.7. The molecule has 2 heterocycles. The van der Waals surface area contributed by atoms with Gasteiger partial charge in [-0.25, -0.2) is 9.78 Å². The van der Waals surface area contributed by atoms with Gasteiger partial charge < -0.3 is 31.4 Å². The van der Waals surface area contributed by atoms with Gasteiger partial charge in [0, 0.05) is 18.3 Å². The third kappa shape index (κ3) is 8.98. The quantitative estimate of drug-likeness (QED) is 0.210. The van der Waals surface area contributed by atoms with Gasteiger partial charge in [-0.3, -0.25) is 14.4 Å². The van der Waals surface area contributed by atoms with Crippen LogP contribution in [0.25, 0.3) is 0 Å². The second-order valence-corrected chi connectivity index (χ2v) is 9.85.